The monoisotopic (exact) mass is 281 g/mol. The van der Waals surface area contributed by atoms with Crippen LogP contribution >= 0.6 is 0 Å². The van der Waals surface area contributed by atoms with Gasteiger partial charge in [-0.2, -0.15) is 4.98 Å². The Morgan fingerprint density at radius 2 is 1.90 bits per heavy atom. The third-order valence-electron chi connectivity index (χ3n) is 2.44. The number of carbonyl (C=O) groups is 2. The Morgan fingerprint density at radius 3 is 2.40 bits per heavy atom. The van der Waals surface area contributed by atoms with Gasteiger partial charge >= 0.3 is 0 Å². The molecule has 1 aromatic rings. The third kappa shape index (κ3) is 5.81. The van der Waals surface area contributed by atoms with E-state index >= 15 is 0 Å². The summed E-state index contributed by atoms with van der Waals surface area (Å²) in [6, 6.07) is 0. The summed E-state index contributed by atoms with van der Waals surface area (Å²) in [6.45, 7) is 9.76. The number of anilines is 1. The fourth-order valence-corrected chi connectivity index (χ4v) is 1.48. The maximum absolute atomic E-state index is 11.6. The molecule has 0 aromatic carbocycles. The van der Waals surface area contributed by atoms with Crippen molar-refractivity contribution in [1.29, 1.82) is 0 Å². The van der Waals surface area contributed by atoms with Gasteiger partial charge in [0.2, 0.25) is 17.8 Å². The molecule has 1 rings (SSSR count). The summed E-state index contributed by atoms with van der Waals surface area (Å²) in [5.74, 6) is 0.646. The van der Waals surface area contributed by atoms with Crippen molar-refractivity contribution in [2.75, 3.05) is 11.9 Å². The number of H-pyrrole nitrogens is 1. The summed E-state index contributed by atoms with van der Waals surface area (Å²) >= 11 is 0. The van der Waals surface area contributed by atoms with E-state index in [9.17, 15) is 9.59 Å². The zero-order valence-corrected chi connectivity index (χ0v) is 12.7. The van der Waals surface area contributed by atoms with E-state index < -0.39 is 0 Å². The highest BCUT2D eigenvalue weighted by molar-refractivity contribution is 5.93. The standard InChI is InChI=1S/C13H23N5O2/c1-8(2)11-16-12(18-17-11)15-10(20)7-14-9(19)6-13(3,4)5/h8H,6-7H2,1-5H3,(H,14,19)(H2,15,16,17,18,20). The first-order chi connectivity index (χ1) is 9.17. The van der Waals surface area contributed by atoms with Crippen molar-refractivity contribution in [3.63, 3.8) is 0 Å². The van der Waals surface area contributed by atoms with E-state index in [0.29, 0.717) is 12.2 Å². The van der Waals surface area contributed by atoms with Gasteiger partial charge < -0.3 is 5.32 Å². The van der Waals surface area contributed by atoms with E-state index in [1.807, 2.05) is 34.6 Å². The second-order valence-corrected chi connectivity index (χ2v) is 6.26. The molecule has 0 unspecified atom stereocenters. The normalized spacial score (nSPS) is 11.5. The minimum Gasteiger partial charge on any atom is -0.347 e. The molecule has 7 heteroatoms. The molecule has 0 aliphatic rings. The summed E-state index contributed by atoms with van der Waals surface area (Å²) in [5, 5.41) is 11.7. The van der Waals surface area contributed by atoms with Crippen molar-refractivity contribution in [2.45, 2.75) is 47.0 Å². The molecule has 0 aliphatic carbocycles. The molecule has 112 valence electrons. The van der Waals surface area contributed by atoms with Crippen LogP contribution in [0.3, 0.4) is 0 Å². The molecule has 7 nitrogen and oxygen atoms in total. The zero-order chi connectivity index (χ0) is 15.3. The Kier molecular flexibility index (Phi) is 5.24. The van der Waals surface area contributed by atoms with Crippen LogP contribution in [-0.2, 0) is 9.59 Å². The highest BCUT2D eigenvalue weighted by Crippen LogP contribution is 2.17. The number of aromatic nitrogens is 3. The molecule has 0 bridgehead atoms. The van der Waals surface area contributed by atoms with Crippen LogP contribution in [0.1, 0.15) is 52.8 Å². The number of carbonyl (C=O) groups excluding carboxylic acids is 2. The van der Waals surface area contributed by atoms with Crippen LogP contribution in [-0.4, -0.2) is 33.5 Å². The molecule has 20 heavy (non-hydrogen) atoms. The van der Waals surface area contributed by atoms with Crippen LogP contribution < -0.4 is 10.6 Å². The average Bonchev–Trinajstić information content (AvgIpc) is 2.72. The van der Waals surface area contributed by atoms with E-state index in [1.165, 1.54) is 0 Å². The molecule has 0 aliphatic heterocycles. The predicted molar refractivity (Wildman–Crippen MR) is 76.2 cm³/mol. The smallest absolute Gasteiger partial charge is 0.248 e. The van der Waals surface area contributed by atoms with Crippen LogP contribution in [0.5, 0.6) is 0 Å². The highest BCUT2D eigenvalue weighted by atomic mass is 16.2. The minimum atomic E-state index is -0.346. The van der Waals surface area contributed by atoms with Gasteiger partial charge in [-0.3, -0.25) is 20.0 Å². The fraction of sp³-hybridized carbons (Fsp3) is 0.692. The SMILES string of the molecule is CC(C)c1nc(NC(=O)CNC(=O)CC(C)(C)C)n[nH]1. The molecule has 2 amide bonds. The number of aromatic amines is 1. The molecular weight excluding hydrogens is 258 g/mol. The van der Waals surface area contributed by atoms with Gasteiger partial charge in [-0.05, 0) is 5.41 Å². The molecule has 0 radical (unpaired) electrons. The van der Waals surface area contributed by atoms with Gasteiger partial charge in [-0.25, -0.2) is 0 Å². The van der Waals surface area contributed by atoms with Crippen molar-refractivity contribution >= 4 is 17.8 Å². The number of hydrogen-bond acceptors (Lipinski definition) is 4. The van der Waals surface area contributed by atoms with Crippen LogP contribution in [0.25, 0.3) is 0 Å². The van der Waals surface area contributed by atoms with Gasteiger partial charge in [0, 0.05) is 12.3 Å². The highest BCUT2D eigenvalue weighted by Gasteiger charge is 2.16. The molecule has 1 aromatic heterocycles. The third-order valence-corrected chi connectivity index (χ3v) is 2.44. The number of amides is 2. The molecule has 0 fully saturated rings. The second-order valence-electron chi connectivity index (χ2n) is 6.26. The van der Waals surface area contributed by atoms with Gasteiger partial charge in [0.05, 0.1) is 6.54 Å². The molecule has 1 heterocycles. The van der Waals surface area contributed by atoms with E-state index in [-0.39, 0.29) is 35.6 Å². The second kappa shape index (κ2) is 6.49. The maximum atomic E-state index is 11.6. The van der Waals surface area contributed by atoms with Crippen LogP contribution in [0.4, 0.5) is 5.95 Å². The molecule has 0 spiro atoms. The van der Waals surface area contributed by atoms with Crippen molar-refractivity contribution in [2.24, 2.45) is 5.41 Å². The van der Waals surface area contributed by atoms with Crippen molar-refractivity contribution < 1.29 is 9.59 Å². The molecule has 0 saturated heterocycles. The van der Waals surface area contributed by atoms with Gasteiger partial charge in [0.15, 0.2) is 0 Å². The molecule has 0 saturated carbocycles. The van der Waals surface area contributed by atoms with E-state index in [2.05, 4.69) is 25.8 Å². The summed E-state index contributed by atoms with van der Waals surface area (Å²) < 4.78 is 0. The molecule has 3 N–H and O–H groups in total. The van der Waals surface area contributed by atoms with Crippen LogP contribution in [0.15, 0.2) is 0 Å². The number of hydrogen-bond donors (Lipinski definition) is 3. The Morgan fingerprint density at radius 1 is 1.25 bits per heavy atom. The summed E-state index contributed by atoms with van der Waals surface area (Å²) in [7, 11) is 0. The lowest BCUT2D eigenvalue weighted by Gasteiger charge is -2.16. The zero-order valence-electron chi connectivity index (χ0n) is 12.7. The first-order valence-electron chi connectivity index (χ1n) is 6.66. The predicted octanol–water partition coefficient (Wildman–Crippen LogP) is 1.42. The fourth-order valence-electron chi connectivity index (χ4n) is 1.48. The van der Waals surface area contributed by atoms with Gasteiger partial charge in [-0.15, -0.1) is 5.10 Å². The molecule has 0 atom stereocenters. The number of nitrogens with zero attached hydrogens (tertiary/aromatic N) is 2. The maximum Gasteiger partial charge on any atom is 0.248 e. The first-order valence-corrected chi connectivity index (χ1v) is 6.66. The lowest BCUT2D eigenvalue weighted by Crippen LogP contribution is -2.34. The molecular formula is C13H23N5O2. The van der Waals surface area contributed by atoms with Gasteiger partial charge in [0.25, 0.3) is 0 Å². The summed E-state index contributed by atoms with van der Waals surface area (Å²) in [4.78, 5) is 27.3. The van der Waals surface area contributed by atoms with Crippen molar-refractivity contribution in [3.05, 3.63) is 5.82 Å². The van der Waals surface area contributed by atoms with Gasteiger partial charge in [0.1, 0.15) is 5.82 Å². The van der Waals surface area contributed by atoms with E-state index in [1.54, 1.807) is 0 Å². The Hall–Kier alpha value is -1.92. The minimum absolute atomic E-state index is 0.0829. The largest absolute Gasteiger partial charge is 0.347 e. The van der Waals surface area contributed by atoms with Crippen molar-refractivity contribution in [3.8, 4) is 0 Å². The first kappa shape index (κ1) is 16.1. The Balaban J connectivity index is 2.38. The number of nitrogens with one attached hydrogen (secondary N) is 3. The topological polar surface area (TPSA) is 99.8 Å². The lowest BCUT2D eigenvalue weighted by molar-refractivity contribution is -0.125. The van der Waals surface area contributed by atoms with E-state index in [0.717, 1.165) is 0 Å². The summed E-state index contributed by atoms with van der Waals surface area (Å²) in [5.41, 5.74) is -0.101. The Labute approximate surface area is 118 Å². The van der Waals surface area contributed by atoms with E-state index in [4.69, 9.17) is 0 Å². The number of rotatable bonds is 5. The van der Waals surface area contributed by atoms with Crippen molar-refractivity contribution in [1.82, 2.24) is 20.5 Å². The average molecular weight is 281 g/mol. The summed E-state index contributed by atoms with van der Waals surface area (Å²) in [6.07, 6.45) is 0.373. The van der Waals surface area contributed by atoms with Crippen LogP contribution in [0.2, 0.25) is 0 Å². The van der Waals surface area contributed by atoms with Crippen LogP contribution in [0, 0.1) is 5.41 Å². The Bertz CT molecular complexity index is 473. The lowest BCUT2D eigenvalue weighted by atomic mass is 9.92. The quantitative estimate of drug-likeness (QED) is 0.760. The van der Waals surface area contributed by atoms with Gasteiger partial charge in [-0.1, -0.05) is 34.6 Å².